The first-order chi connectivity index (χ1) is 7.15. The molecule has 3 heteroatoms. The van der Waals surface area contributed by atoms with Gasteiger partial charge in [0.1, 0.15) is 0 Å². The zero-order chi connectivity index (χ0) is 10.9. The van der Waals surface area contributed by atoms with Crippen molar-refractivity contribution in [1.29, 1.82) is 0 Å². The predicted octanol–water partition coefficient (Wildman–Crippen LogP) is 0.973. The van der Waals surface area contributed by atoms with Gasteiger partial charge in [-0.1, -0.05) is 13.8 Å². The zero-order valence-electron chi connectivity index (χ0n) is 9.91. The number of likely N-dealkylation sites (tertiary alicyclic amines) is 1. The lowest BCUT2D eigenvalue weighted by Crippen LogP contribution is -2.40. The first-order valence-electron chi connectivity index (χ1n) is 6.06. The number of hydrogen-bond acceptors (Lipinski definition) is 3. The highest BCUT2D eigenvalue weighted by Crippen LogP contribution is 2.32. The smallest absolute Gasteiger partial charge is 0.0557 e. The number of aliphatic hydroxyl groups excluding tert-OH is 1. The van der Waals surface area contributed by atoms with Crippen LogP contribution in [0.15, 0.2) is 0 Å². The molecule has 2 saturated heterocycles. The van der Waals surface area contributed by atoms with Gasteiger partial charge in [0.2, 0.25) is 0 Å². The quantitative estimate of drug-likeness (QED) is 0.758. The molecule has 0 spiro atoms. The largest absolute Gasteiger partial charge is 0.396 e. The van der Waals surface area contributed by atoms with E-state index < -0.39 is 0 Å². The summed E-state index contributed by atoms with van der Waals surface area (Å²) in [7, 11) is 0. The average Bonchev–Trinajstić information content (AvgIpc) is 2.77. The molecule has 0 bridgehead atoms. The van der Waals surface area contributed by atoms with Crippen molar-refractivity contribution >= 4 is 0 Å². The van der Waals surface area contributed by atoms with Gasteiger partial charge in [-0.3, -0.25) is 0 Å². The SMILES string of the molecule is CC1CN(CC2(CO)CCOC2)CC1C. The second-order valence-corrected chi connectivity index (χ2v) is 5.61. The van der Waals surface area contributed by atoms with Gasteiger partial charge in [0, 0.05) is 31.7 Å². The fourth-order valence-electron chi connectivity index (χ4n) is 2.80. The number of hydrogen-bond donors (Lipinski definition) is 1. The summed E-state index contributed by atoms with van der Waals surface area (Å²) in [6.45, 7) is 9.85. The summed E-state index contributed by atoms with van der Waals surface area (Å²) >= 11 is 0. The Bertz CT molecular complexity index is 204. The van der Waals surface area contributed by atoms with Crippen molar-refractivity contribution in [2.75, 3.05) is 39.5 Å². The molecule has 2 rings (SSSR count). The highest BCUT2D eigenvalue weighted by Gasteiger charge is 2.38. The van der Waals surface area contributed by atoms with Gasteiger partial charge < -0.3 is 14.7 Å². The van der Waals surface area contributed by atoms with E-state index in [9.17, 15) is 5.11 Å². The Balaban J connectivity index is 1.90. The van der Waals surface area contributed by atoms with E-state index in [0.717, 1.165) is 38.0 Å². The third kappa shape index (κ3) is 2.35. The van der Waals surface area contributed by atoms with Crippen LogP contribution in [0.1, 0.15) is 20.3 Å². The summed E-state index contributed by atoms with van der Waals surface area (Å²) in [4.78, 5) is 2.50. The van der Waals surface area contributed by atoms with E-state index in [4.69, 9.17) is 4.74 Å². The van der Waals surface area contributed by atoms with Crippen molar-refractivity contribution in [3.05, 3.63) is 0 Å². The molecule has 15 heavy (non-hydrogen) atoms. The second-order valence-electron chi connectivity index (χ2n) is 5.61. The minimum absolute atomic E-state index is 0.0315. The molecule has 2 aliphatic rings. The maximum atomic E-state index is 9.50. The summed E-state index contributed by atoms with van der Waals surface area (Å²) in [5.74, 6) is 1.59. The van der Waals surface area contributed by atoms with E-state index >= 15 is 0 Å². The number of aliphatic hydroxyl groups is 1. The van der Waals surface area contributed by atoms with E-state index in [-0.39, 0.29) is 12.0 Å². The Kier molecular flexibility index (Phi) is 3.33. The van der Waals surface area contributed by atoms with Crippen LogP contribution in [-0.4, -0.2) is 49.5 Å². The summed E-state index contributed by atoms with van der Waals surface area (Å²) in [6.07, 6.45) is 1.02. The fraction of sp³-hybridized carbons (Fsp3) is 1.00. The maximum absolute atomic E-state index is 9.50. The normalized spacial score (nSPS) is 42.6. The molecule has 0 radical (unpaired) electrons. The van der Waals surface area contributed by atoms with Crippen LogP contribution >= 0.6 is 0 Å². The summed E-state index contributed by atoms with van der Waals surface area (Å²) in [5, 5.41) is 9.50. The average molecular weight is 213 g/mol. The number of nitrogens with zero attached hydrogens (tertiary/aromatic N) is 1. The van der Waals surface area contributed by atoms with Gasteiger partial charge in [0.05, 0.1) is 13.2 Å². The van der Waals surface area contributed by atoms with Gasteiger partial charge >= 0.3 is 0 Å². The Hall–Kier alpha value is -0.120. The van der Waals surface area contributed by atoms with Crippen molar-refractivity contribution in [1.82, 2.24) is 4.90 Å². The van der Waals surface area contributed by atoms with E-state index in [0.29, 0.717) is 0 Å². The summed E-state index contributed by atoms with van der Waals surface area (Å²) in [5.41, 5.74) is 0.0315. The molecule has 0 saturated carbocycles. The molecule has 0 aromatic rings. The molecule has 3 unspecified atom stereocenters. The minimum Gasteiger partial charge on any atom is -0.396 e. The molecule has 88 valence electrons. The Morgan fingerprint density at radius 3 is 2.47 bits per heavy atom. The van der Waals surface area contributed by atoms with E-state index in [1.54, 1.807) is 0 Å². The molecule has 1 N–H and O–H groups in total. The van der Waals surface area contributed by atoms with Crippen LogP contribution < -0.4 is 0 Å². The molecule has 0 aliphatic carbocycles. The highest BCUT2D eigenvalue weighted by molar-refractivity contribution is 4.89. The maximum Gasteiger partial charge on any atom is 0.0557 e. The summed E-state index contributed by atoms with van der Waals surface area (Å²) < 4.78 is 5.43. The Labute approximate surface area is 92.4 Å². The lowest BCUT2D eigenvalue weighted by atomic mass is 9.88. The van der Waals surface area contributed by atoms with Gasteiger partial charge in [-0.15, -0.1) is 0 Å². The lowest BCUT2D eigenvalue weighted by Gasteiger charge is -2.30. The van der Waals surface area contributed by atoms with Gasteiger partial charge in [-0.25, -0.2) is 0 Å². The van der Waals surface area contributed by atoms with Gasteiger partial charge in [-0.05, 0) is 18.3 Å². The first-order valence-corrected chi connectivity index (χ1v) is 6.06. The highest BCUT2D eigenvalue weighted by atomic mass is 16.5. The van der Waals surface area contributed by atoms with Crippen LogP contribution in [0, 0.1) is 17.3 Å². The third-order valence-corrected chi connectivity index (χ3v) is 4.14. The molecular formula is C12H23NO2. The Morgan fingerprint density at radius 1 is 1.33 bits per heavy atom. The van der Waals surface area contributed by atoms with Gasteiger partial charge in [-0.2, -0.15) is 0 Å². The number of ether oxygens (including phenoxy) is 1. The van der Waals surface area contributed by atoms with Gasteiger partial charge in [0.15, 0.2) is 0 Å². The number of rotatable bonds is 3. The predicted molar refractivity (Wildman–Crippen MR) is 59.7 cm³/mol. The minimum atomic E-state index is 0.0315. The molecule has 2 heterocycles. The Morgan fingerprint density at radius 2 is 2.00 bits per heavy atom. The van der Waals surface area contributed by atoms with E-state index in [1.165, 1.54) is 13.1 Å². The topological polar surface area (TPSA) is 32.7 Å². The molecule has 0 aromatic carbocycles. The van der Waals surface area contributed by atoms with Crippen molar-refractivity contribution in [3.63, 3.8) is 0 Å². The lowest BCUT2D eigenvalue weighted by molar-refractivity contribution is 0.0624. The van der Waals surface area contributed by atoms with Crippen molar-refractivity contribution in [3.8, 4) is 0 Å². The van der Waals surface area contributed by atoms with Gasteiger partial charge in [0.25, 0.3) is 0 Å². The van der Waals surface area contributed by atoms with Crippen molar-refractivity contribution < 1.29 is 9.84 Å². The molecule has 2 aliphatic heterocycles. The van der Waals surface area contributed by atoms with Crippen LogP contribution in [0.5, 0.6) is 0 Å². The molecule has 0 aromatic heterocycles. The van der Waals surface area contributed by atoms with Crippen LogP contribution in [0.3, 0.4) is 0 Å². The van der Waals surface area contributed by atoms with Crippen LogP contribution in [0.25, 0.3) is 0 Å². The molecule has 3 nitrogen and oxygen atoms in total. The van der Waals surface area contributed by atoms with Crippen molar-refractivity contribution in [2.24, 2.45) is 17.3 Å². The standard InChI is InChI=1S/C12H23NO2/c1-10-5-13(6-11(10)2)7-12(8-14)3-4-15-9-12/h10-11,14H,3-9H2,1-2H3. The fourth-order valence-corrected chi connectivity index (χ4v) is 2.80. The van der Waals surface area contributed by atoms with Crippen LogP contribution in [-0.2, 0) is 4.74 Å². The molecular weight excluding hydrogens is 190 g/mol. The molecule has 0 amide bonds. The molecule has 2 fully saturated rings. The first kappa shape index (κ1) is 11.4. The molecule has 3 atom stereocenters. The second kappa shape index (κ2) is 4.40. The summed E-state index contributed by atoms with van der Waals surface area (Å²) in [6, 6.07) is 0. The van der Waals surface area contributed by atoms with E-state index in [1.807, 2.05) is 0 Å². The van der Waals surface area contributed by atoms with E-state index in [2.05, 4.69) is 18.7 Å². The monoisotopic (exact) mass is 213 g/mol. The van der Waals surface area contributed by atoms with Crippen molar-refractivity contribution in [2.45, 2.75) is 20.3 Å². The van der Waals surface area contributed by atoms with Crippen LogP contribution in [0.4, 0.5) is 0 Å². The zero-order valence-corrected chi connectivity index (χ0v) is 9.91. The third-order valence-electron chi connectivity index (χ3n) is 4.14. The van der Waals surface area contributed by atoms with Crippen LogP contribution in [0.2, 0.25) is 0 Å².